The van der Waals surface area contributed by atoms with Crippen LogP contribution in [0.5, 0.6) is 0 Å². The van der Waals surface area contributed by atoms with Crippen LogP contribution in [0.1, 0.15) is 17.7 Å². The molecule has 0 aromatic carbocycles. The van der Waals surface area contributed by atoms with Crippen LogP contribution in [0, 0.1) is 18.3 Å². The first-order valence-corrected chi connectivity index (χ1v) is 8.66. The summed E-state index contributed by atoms with van der Waals surface area (Å²) in [6.07, 6.45) is 2.91. The second-order valence-electron chi connectivity index (χ2n) is 4.85. The SMILES string of the molecule is Cc1cc(S(=O)(=O)N(CCC#N)Cc2ccccn2)cnc1Cl. The predicted octanol–water partition coefficient (Wildman–Crippen LogP) is 2.54. The molecule has 2 aromatic rings. The van der Waals surface area contributed by atoms with Crippen LogP contribution in [0.4, 0.5) is 0 Å². The van der Waals surface area contributed by atoms with Crippen molar-refractivity contribution in [3.63, 3.8) is 0 Å². The Hall–Kier alpha value is -2.01. The molecule has 0 atom stereocenters. The minimum Gasteiger partial charge on any atom is -0.260 e. The van der Waals surface area contributed by atoms with Crippen LogP contribution in [0.15, 0.2) is 41.6 Å². The molecule has 0 radical (unpaired) electrons. The van der Waals surface area contributed by atoms with E-state index in [4.69, 9.17) is 16.9 Å². The number of nitrogens with zero attached hydrogens (tertiary/aromatic N) is 4. The third-order valence-electron chi connectivity index (χ3n) is 3.16. The highest BCUT2D eigenvalue weighted by molar-refractivity contribution is 7.89. The van der Waals surface area contributed by atoms with Gasteiger partial charge in [0, 0.05) is 25.4 Å². The molecule has 2 rings (SSSR count). The van der Waals surface area contributed by atoms with Crippen molar-refractivity contribution in [2.45, 2.75) is 24.8 Å². The third kappa shape index (κ3) is 4.26. The minimum absolute atomic E-state index is 0.0493. The molecular formula is C15H15ClN4O2S. The van der Waals surface area contributed by atoms with Crippen LogP contribution >= 0.6 is 11.6 Å². The van der Waals surface area contributed by atoms with Crippen LogP contribution < -0.4 is 0 Å². The molecule has 0 aliphatic carbocycles. The molecule has 120 valence electrons. The van der Waals surface area contributed by atoms with E-state index in [2.05, 4.69) is 9.97 Å². The quantitative estimate of drug-likeness (QED) is 0.747. The van der Waals surface area contributed by atoms with Crippen LogP contribution in [-0.2, 0) is 16.6 Å². The van der Waals surface area contributed by atoms with Crippen LogP contribution in [-0.4, -0.2) is 29.2 Å². The van der Waals surface area contributed by atoms with Crippen molar-refractivity contribution >= 4 is 21.6 Å². The van der Waals surface area contributed by atoms with Crippen molar-refractivity contribution in [1.82, 2.24) is 14.3 Å². The molecule has 0 bridgehead atoms. The van der Waals surface area contributed by atoms with Gasteiger partial charge in [0.05, 0.1) is 18.3 Å². The van der Waals surface area contributed by atoms with Gasteiger partial charge >= 0.3 is 0 Å². The first-order valence-electron chi connectivity index (χ1n) is 6.84. The Bertz CT molecular complexity index is 819. The zero-order valence-electron chi connectivity index (χ0n) is 12.5. The number of aromatic nitrogens is 2. The van der Waals surface area contributed by atoms with Crippen molar-refractivity contribution in [3.05, 3.63) is 53.1 Å². The molecular weight excluding hydrogens is 336 g/mol. The lowest BCUT2D eigenvalue weighted by molar-refractivity contribution is 0.409. The van der Waals surface area contributed by atoms with E-state index in [0.717, 1.165) is 0 Å². The summed E-state index contributed by atoms with van der Waals surface area (Å²) in [5.41, 5.74) is 1.18. The summed E-state index contributed by atoms with van der Waals surface area (Å²) in [5.74, 6) is 0. The summed E-state index contributed by atoms with van der Waals surface area (Å²) < 4.78 is 26.8. The van der Waals surface area contributed by atoms with E-state index in [1.54, 1.807) is 31.3 Å². The van der Waals surface area contributed by atoms with Gasteiger partial charge in [-0.25, -0.2) is 13.4 Å². The average molecular weight is 351 g/mol. The molecule has 0 aliphatic rings. The number of nitriles is 1. The fourth-order valence-corrected chi connectivity index (χ4v) is 3.50. The van der Waals surface area contributed by atoms with Gasteiger partial charge in [-0.1, -0.05) is 17.7 Å². The maximum Gasteiger partial charge on any atom is 0.245 e. The number of aryl methyl sites for hydroxylation is 1. The van der Waals surface area contributed by atoms with Gasteiger partial charge in [0.25, 0.3) is 0 Å². The van der Waals surface area contributed by atoms with Crippen molar-refractivity contribution in [2.24, 2.45) is 0 Å². The molecule has 8 heteroatoms. The number of pyridine rings is 2. The molecule has 0 saturated carbocycles. The second-order valence-corrected chi connectivity index (χ2v) is 7.14. The second kappa shape index (κ2) is 7.51. The van der Waals surface area contributed by atoms with Crippen molar-refractivity contribution in [3.8, 4) is 6.07 Å². The molecule has 2 heterocycles. The van der Waals surface area contributed by atoms with Crippen LogP contribution in [0.25, 0.3) is 0 Å². The van der Waals surface area contributed by atoms with Gasteiger partial charge in [0.15, 0.2) is 0 Å². The van der Waals surface area contributed by atoms with Gasteiger partial charge in [-0.15, -0.1) is 0 Å². The number of hydrogen-bond acceptors (Lipinski definition) is 5. The van der Waals surface area contributed by atoms with Crippen molar-refractivity contribution in [1.29, 1.82) is 5.26 Å². The summed E-state index contributed by atoms with van der Waals surface area (Å²) in [6.45, 7) is 1.86. The van der Waals surface area contributed by atoms with Crippen LogP contribution in [0.2, 0.25) is 5.15 Å². The van der Waals surface area contributed by atoms with E-state index in [1.807, 2.05) is 6.07 Å². The molecule has 0 N–H and O–H groups in total. The Morgan fingerprint density at radius 1 is 1.35 bits per heavy atom. The van der Waals surface area contributed by atoms with E-state index >= 15 is 0 Å². The van der Waals surface area contributed by atoms with Gasteiger partial charge in [-0.05, 0) is 30.7 Å². The lowest BCUT2D eigenvalue weighted by Crippen LogP contribution is -2.32. The maximum atomic E-state index is 12.8. The highest BCUT2D eigenvalue weighted by atomic mass is 35.5. The van der Waals surface area contributed by atoms with E-state index < -0.39 is 10.0 Å². The lowest BCUT2D eigenvalue weighted by Gasteiger charge is -2.21. The van der Waals surface area contributed by atoms with Crippen molar-refractivity contribution in [2.75, 3.05) is 6.54 Å². The number of sulfonamides is 1. The summed E-state index contributed by atoms with van der Waals surface area (Å²) in [5, 5.41) is 9.04. The topological polar surface area (TPSA) is 87.0 Å². The van der Waals surface area contributed by atoms with E-state index in [9.17, 15) is 8.42 Å². The highest BCUT2D eigenvalue weighted by Gasteiger charge is 2.25. The van der Waals surface area contributed by atoms with E-state index in [0.29, 0.717) is 11.3 Å². The fraction of sp³-hybridized carbons (Fsp3) is 0.267. The minimum atomic E-state index is -3.79. The zero-order chi connectivity index (χ0) is 16.9. The summed E-state index contributed by atoms with van der Waals surface area (Å²) in [6, 6.07) is 8.71. The molecule has 0 saturated heterocycles. The molecule has 6 nitrogen and oxygen atoms in total. The number of rotatable bonds is 6. The van der Waals surface area contributed by atoms with E-state index in [1.165, 1.54) is 16.6 Å². The molecule has 23 heavy (non-hydrogen) atoms. The molecule has 0 unspecified atom stereocenters. The fourth-order valence-electron chi connectivity index (χ4n) is 1.95. The molecule has 0 aliphatic heterocycles. The maximum absolute atomic E-state index is 12.8. The lowest BCUT2D eigenvalue weighted by atomic mass is 10.3. The average Bonchev–Trinajstić information content (AvgIpc) is 2.54. The Morgan fingerprint density at radius 2 is 2.13 bits per heavy atom. The van der Waals surface area contributed by atoms with Crippen LogP contribution in [0.3, 0.4) is 0 Å². The van der Waals surface area contributed by atoms with E-state index in [-0.39, 0.29) is 29.6 Å². The highest BCUT2D eigenvalue weighted by Crippen LogP contribution is 2.21. The molecule has 2 aromatic heterocycles. The van der Waals surface area contributed by atoms with Crippen molar-refractivity contribution < 1.29 is 8.42 Å². The summed E-state index contributed by atoms with van der Waals surface area (Å²) >= 11 is 5.85. The number of halogens is 1. The first-order chi connectivity index (χ1) is 10.9. The third-order valence-corrected chi connectivity index (χ3v) is 5.37. The summed E-state index contributed by atoms with van der Waals surface area (Å²) in [4.78, 5) is 8.08. The van der Waals surface area contributed by atoms with Gasteiger partial charge in [-0.3, -0.25) is 4.98 Å². The first kappa shape index (κ1) is 17.3. The molecule has 0 amide bonds. The van der Waals surface area contributed by atoms with Gasteiger partial charge in [0.2, 0.25) is 10.0 Å². The normalized spacial score (nSPS) is 11.4. The standard InChI is InChI=1S/C15H15ClN4O2S/c1-12-9-14(10-19-15(12)16)23(21,22)20(8-4-6-17)11-13-5-2-3-7-18-13/h2-3,5,7,9-10H,4,8,11H2,1H3. The van der Waals surface area contributed by atoms with Gasteiger partial charge in [0.1, 0.15) is 10.0 Å². The Kier molecular flexibility index (Phi) is 5.66. The largest absolute Gasteiger partial charge is 0.260 e. The predicted molar refractivity (Wildman–Crippen MR) is 86.0 cm³/mol. The van der Waals surface area contributed by atoms with Gasteiger partial charge in [-0.2, -0.15) is 9.57 Å². The monoisotopic (exact) mass is 350 g/mol. The summed E-state index contributed by atoms with van der Waals surface area (Å²) in [7, 11) is -3.79. The number of hydrogen-bond donors (Lipinski definition) is 0. The zero-order valence-corrected chi connectivity index (χ0v) is 14.0. The Balaban J connectivity index is 2.36. The van der Waals surface area contributed by atoms with Gasteiger partial charge < -0.3 is 0 Å². The Labute approximate surface area is 140 Å². The Morgan fingerprint density at radius 3 is 2.74 bits per heavy atom. The molecule has 0 fully saturated rings. The molecule has 0 spiro atoms. The smallest absolute Gasteiger partial charge is 0.245 e.